The van der Waals surface area contributed by atoms with E-state index in [2.05, 4.69) is 5.32 Å². The van der Waals surface area contributed by atoms with Gasteiger partial charge in [-0.1, -0.05) is 35.2 Å². The lowest BCUT2D eigenvalue weighted by Crippen LogP contribution is -2.41. The van der Waals surface area contributed by atoms with Gasteiger partial charge in [-0.3, -0.25) is 23.7 Å². The number of primary amides is 1. The molecule has 0 saturated carbocycles. The van der Waals surface area contributed by atoms with Crippen molar-refractivity contribution in [2.45, 2.75) is 22.7 Å². The van der Waals surface area contributed by atoms with E-state index >= 15 is 0 Å². The summed E-state index contributed by atoms with van der Waals surface area (Å²) in [6.45, 7) is -0.348. The molecular formula is C24H19FN4O6S2. The molecule has 0 bridgehead atoms. The average molecular weight is 543 g/mol. The van der Waals surface area contributed by atoms with Crippen LogP contribution in [0.3, 0.4) is 0 Å². The highest BCUT2D eigenvalue weighted by atomic mass is 32.2. The van der Waals surface area contributed by atoms with Gasteiger partial charge in [0.05, 0.1) is 18.1 Å². The van der Waals surface area contributed by atoms with Gasteiger partial charge in [0, 0.05) is 16.5 Å². The maximum atomic E-state index is 13.7. The smallest absolute Gasteiger partial charge is 0.328 e. The molecule has 2 aromatic carbocycles. The third-order valence-electron chi connectivity index (χ3n) is 6.17. The van der Waals surface area contributed by atoms with E-state index in [-0.39, 0.29) is 6.54 Å². The number of methoxy groups -OCH3 is 1. The summed E-state index contributed by atoms with van der Waals surface area (Å²) in [4.78, 5) is 64.3. The second-order valence-electron chi connectivity index (χ2n) is 8.34. The quantitative estimate of drug-likeness (QED) is 0.472. The zero-order chi connectivity index (χ0) is 26.4. The summed E-state index contributed by atoms with van der Waals surface area (Å²) in [5.74, 6) is -3.79. The predicted octanol–water partition coefficient (Wildman–Crippen LogP) is 2.37. The Morgan fingerprint density at radius 1 is 1.05 bits per heavy atom. The van der Waals surface area contributed by atoms with Crippen LogP contribution < -0.4 is 20.7 Å². The van der Waals surface area contributed by atoms with Gasteiger partial charge in [-0.15, -0.1) is 0 Å². The lowest BCUT2D eigenvalue weighted by atomic mass is 9.83. The molecule has 2 aliphatic rings. The molecule has 2 aliphatic heterocycles. The van der Waals surface area contributed by atoms with Gasteiger partial charge < -0.3 is 15.8 Å². The number of urea groups is 1. The Morgan fingerprint density at radius 2 is 1.73 bits per heavy atom. The maximum Gasteiger partial charge on any atom is 0.328 e. The maximum absolute atomic E-state index is 13.7. The van der Waals surface area contributed by atoms with E-state index in [1.54, 1.807) is 24.3 Å². The molecule has 3 atom stereocenters. The second-order valence-corrected chi connectivity index (χ2v) is 10.5. The van der Waals surface area contributed by atoms with E-state index in [0.29, 0.717) is 31.8 Å². The molecule has 37 heavy (non-hydrogen) atoms. The Morgan fingerprint density at radius 3 is 2.35 bits per heavy atom. The van der Waals surface area contributed by atoms with Crippen LogP contribution in [0.2, 0.25) is 0 Å². The van der Waals surface area contributed by atoms with Gasteiger partial charge in [-0.2, -0.15) is 4.90 Å². The Hall–Kier alpha value is -3.97. The lowest BCUT2D eigenvalue weighted by Gasteiger charge is -2.30. The fourth-order valence-corrected chi connectivity index (χ4v) is 7.29. The highest BCUT2D eigenvalue weighted by Gasteiger charge is 2.57. The minimum Gasteiger partial charge on any atom is -0.497 e. The van der Waals surface area contributed by atoms with E-state index < -0.39 is 51.5 Å². The van der Waals surface area contributed by atoms with Crippen molar-refractivity contribution in [3.05, 3.63) is 74.5 Å². The second kappa shape index (κ2) is 9.48. The summed E-state index contributed by atoms with van der Waals surface area (Å²) in [5, 5.41) is 2.00. The third-order valence-corrected chi connectivity index (χ3v) is 8.78. The van der Waals surface area contributed by atoms with Gasteiger partial charge >= 0.3 is 10.9 Å². The van der Waals surface area contributed by atoms with E-state index in [1.807, 2.05) is 0 Å². The van der Waals surface area contributed by atoms with Crippen LogP contribution >= 0.6 is 23.1 Å². The number of carbonyl (C=O) groups is 4. The topological polar surface area (TPSA) is 141 Å². The molecule has 3 heterocycles. The summed E-state index contributed by atoms with van der Waals surface area (Å²) >= 11 is 1.78. The van der Waals surface area contributed by atoms with Gasteiger partial charge in [-0.25, -0.2) is 9.18 Å². The van der Waals surface area contributed by atoms with Crippen molar-refractivity contribution in [2.24, 2.45) is 11.7 Å². The Bertz CT molecular complexity index is 1480. The normalized spacial score (nSPS) is 20.4. The number of thioether (sulfide) groups is 1. The number of imide groups is 3. The molecule has 1 aromatic heterocycles. The number of nitrogens with two attached hydrogens (primary N) is 1. The first-order chi connectivity index (χ1) is 17.7. The van der Waals surface area contributed by atoms with Crippen LogP contribution in [-0.2, 0) is 20.9 Å². The van der Waals surface area contributed by atoms with Crippen molar-refractivity contribution in [1.29, 1.82) is 0 Å². The number of rotatable bonds is 5. The van der Waals surface area contributed by atoms with Gasteiger partial charge in [0.1, 0.15) is 23.4 Å². The first kappa shape index (κ1) is 24.7. The molecule has 10 nitrogen and oxygen atoms in total. The number of carbonyl (C=O) groups excluding carboxylic acids is 4. The molecule has 3 aromatic rings. The molecule has 5 amide bonds. The number of hydrogen-bond acceptors (Lipinski definition) is 8. The Kier molecular flexibility index (Phi) is 6.33. The van der Waals surface area contributed by atoms with Crippen molar-refractivity contribution in [3.8, 4) is 5.75 Å². The summed E-state index contributed by atoms with van der Waals surface area (Å²) in [7, 11) is 1.52. The summed E-state index contributed by atoms with van der Waals surface area (Å²) in [6.07, 6.45) is 0. The molecule has 5 rings (SSSR count). The van der Waals surface area contributed by atoms with Crippen LogP contribution in [0.25, 0.3) is 0 Å². The predicted molar refractivity (Wildman–Crippen MR) is 133 cm³/mol. The molecule has 3 N–H and O–H groups in total. The SMILES string of the molecule is COc1ccc(NC(=O)Cn2c3c(sc2=O)[C@@H](c2ccc(F)cc2)C2C(=O)N(C(N)=O)C(=O)C2S3)cc1. The molecule has 1 fully saturated rings. The van der Waals surface area contributed by atoms with E-state index in [0.717, 1.165) is 23.1 Å². The number of aromatic nitrogens is 1. The van der Waals surface area contributed by atoms with Gasteiger partial charge in [-0.05, 0) is 42.0 Å². The third kappa shape index (κ3) is 4.29. The van der Waals surface area contributed by atoms with Gasteiger partial charge in [0.2, 0.25) is 11.8 Å². The molecule has 0 radical (unpaired) electrons. The Balaban J connectivity index is 1.53. The van der Waals surface area contributed by atoms with E-state index in [1.165, 1.54) is 35.9 Å². The van der Waals surface area contributed by atoms with E-state index in [9.17, 15) is 28.4 Å². The highest BCUT2D eigenvalue weighted by molar-refractivity contribution is 8.00. The van der Waals surface area contributed by atoms with Gasteiger partial charge in [0.15, 0.2) is 0 Å². The minimum absolute atomic E-state index is 0.336. The standard InChI is InChI=1S/C24H19FN4O6S2/c1-35-14-8-6-13(7-9-14)27-15(30)10-28-22-19(37-24(28)34)16(11-2-4-12(25)5-3-11)17-18(36-22)21(32)29(20(17)31)23(26)33/h2-9,16-18H,10H2,1H3,(H2,26,33)(H,27,30)/t16-,17?,18?/m0/s1. The van der Waals surface area contributed by atoms with Crippen molar-refractivity contribution in [1.82, 2.24) is 9.47 Å². The summed E-state index contributed by atoms with van der Waals surface area (Å²) in [6, 6.07) is 10.8. The van der Waals surface area contributed by atoms with Crippen LogP contribution in [0.15, 0.2) is 58.4 Å². The first-order valence-electron chi connectivity index (χ1n) is 11.0. The summed E-state index contributed by atoms with van der Waals surface area (Å²) < 4.78 is 20.0. The number of halogens is 1. The number of nitrogens with one attached hydrogen (secondary N) is 1. The number of benzene rings is 2. The first-order valence-corrected chi connectivity index (χ1v) is 12.7. The van der Waals surface area contributed by atoms with Crippen LogP contribution in [0, 0.1) is 11.7 Å². The number of anilines is 1. The molecule has 2 unspecified atom stereocenters. The highest BCUT2D eigenvalue weighted by Crippen LogP contribution is 2.53. The lowest BCUT2D eigenvalue weighted by molar-refractivity contribution is -0.135. The molecule has 0 aliphatic carbocycles. The fourth-order valence-electron chi connectivity index (χ4n) is 4.52. The number of amides is 5. The number of likely N-dealkylation sites (tertiary alicyclic amines) is 1. The monoisotopic (exact) mass is 542 g/mol. The van der Waals surface area contributed by atoms with Gasteiger partial charge in [0.25, 0.3) is 5.91 Å². The zero-order valence-electron chi connectivity index (χ0n) is 19.2. The number of nitrogens with zero attached hydrogens (tertiary/aromatic N) is 2. The van der Waals surface area contributed by atoms with Crippen LogP contribution in [-0.4, -0.2) is 45.6 Å². The van der Waals surface area contributed by atoms with Crippen LogP contribution in [0.1, 0.15) is 16.4 Å². The van der Waals surface area contributed by atoms with Crippen molar-refractivity contribution >= 4 is 52.5 Å². The van der Waals surface area contributed by atoms with Crippen molar-refractivity contribution in [3.63, 3.8) is 0 Å². The number of ether oxygens (including phenoxy) is 1. The van der Waals surface area contributed by atoms with E-state index in [4.69, 9.17) is 10.5 Å². The number of fused-ring (bicyclic) bond motifs is 2. The number of thiazole rings is 1. The van der Waals surface area contributed by atoms with Crippen LogP contribution in [0.5, 0.6) is 5.75 Å². The Labute approximate surface area is 217 Å². The van der Waals surface area contributed by atoms with Crippen LogP contribution in [0.4, 0.5) is 14.9 Å². The largest absolute Gasteiger partial charge is 0.497 e. The summed E-state index contributed by atoms with van der Waals surface area (Å²) in [5.41, 5.74) is 6.28. The molecular weight excluding hydrogens is 523 g/mol. The molecule has 1 saturated heterocycles. The fraction of sp³-hybridized carbons (Fsp3) is 0.208. The molecule has 0 spiro atoms. The number of hydrogen-bond donors (Lipinski definition) is 2. The zero-order valence-corrected chi connectivity index (χ0v) is 20.8. The molecule has 190 valence electrons. The van der Waals surface area contributed by atoms with Crippen molar-refractivity contribution < 1.29 is 28.3 Å². The molecule has 13 heteroatoms. The van der Waals surface area contributed by atoms with Crippen molar-refractivity contribution in [2.75, 3.05) is 12.4 Å². The minimum atomic E-state index is -1.19. The average Bonchev–Trinajstić information content (AvgIpc) is 3.31.